The van der Waals surface area contributed by atoms with Gasteiger partial charge in [0.15, 0.2) is 0 Å². The summed E-state index contributed by atoms with van der Waals surface area (Å²) in [7, 11) is 0. The highest BCUT2D eigenvalue weighted by Gasteiger charge is 2.11. The quantitative estimate of drug-likeness (QED) is 0.537. The van der Waals surface area contributed by atoms with Crippen LogP contribution in [0.2, 0.25) is 0 Å². The molecule has 6 nitrogen and oxygen atoms in total. The van der Waals surface area contributed by atoms with E-state index in [-0.39, 0.29) is 5.91 Å². The molecule has 0 radical (unpaired) electrons. The number of nitrogens with zero attached hydrogens (tertiary/aromatic N) is 3. The monoisotopic (exact) mass is 362 g/mol. The number of nitrogens with one attached hydrogen (secondary N) is 1. The Morgan fingerprint density at radius 2 is 1.96 bits per heavy atom. The third-order valence-electron chi connectivity index (χ3n) is 4.12. The Bertz CT molecular complexity index is 962. The van der Waals surface area contributed by atoms with Crippen molar-refractivity contribution >= 4 is 12.1 Å². The van der Waals surface area contributed by atoms with E-state index in [1.165, 1.54) is 0 Å². The fourth-order valence-electron chi connectivity index (χ4n) is 2.78. The van der Waals surface area contributed by atoms with Crippen LogP contribution in [0.4, 0.5) is 0 Å². The van der Waals surface area contributed by atoms with Crippen molar-refractivity contribution in [3.05, 3.63) is 77.1 Å². The molecule has 0 bridgehead atoms. The number of para-hydroxylation sites is 1. The second-order valence-corrected chi connectivity index (χ2v) is 5.99. The highest BCUT2D eigenvalue weighted by atomic mass is 16.5. The van der Waals surface area contributed by atoms with Crippen LogP contribution in [0.15, 0.2) is 59.7 Å². The number of amides is 1. The largest absolute Gasteiger partial charge is 0.494 e. The Balaban J connectivity index is 1.74. The lowest BCUT2D eigenvalue weighted by atomic mass is 10.2. The topological polar surface area (TPSA) is 68.5 Å². The van der Waals surface area contributed by atoms with Crippen LogP contribution in [0.5, 0.6) is 5.75 Å². The Morgan fingerprint density at radius 3 is 2.70 bits per heavy atom. The Hall–Kier alpha value is -3.41. The van der Waals surface area contributed by atoms with E-state index < -0.39 is 0 Å². The summed E-state index contributed by atoms with van der Waals surface area (Å²) in [6, 6.07) is 16.9. The van der Waals surface area contributed by atoms with E-state index in [0.717, 1.165) is 22.6 Å². The molecule has 3 aromatic rings. The van der Waals surface area contributed by atoms with Gasteiger partial charge in [-0.25, -0.2) is 10.1 Å². The first-order valence-electron chi connectivity index (χ1n) is 8.78. The maximum absolute atomic E-state index is 12.3. The molecule has 1 heterocycles. The summed E-state index contributed by atoms with van der Waals surface area (Å²) < 4.78 is 7.28. The van der Waals surface area contributed by atoms with Crippen LogP contribution < -0.4 is 10.2 Å². The molecule has 0 atom stereocenters. The lowest BCUT2D eigenvalue weighted by molar-refractivity contribution is 0.0954. The maximum atomic E-state index is 12.3. The Morgan fingerprint density at radius 1 is 1.19 bits per heavy atom. The number of ether oxygens (including phenoxy) is 1. The summed E-state index contributed by atoms with van der Waals surface area (Å²) in [4.78, 5) is 12.3. The van der Waals surface area contributed by atoms with E-state index in [1.54, 1.807) is 24.4 Å². The van der Waals surface area contributed by atoms with Crippen molar-refractivity contribution in [2.24, 2.45) is 5.10 Å². The van der Waals surface area contributed by atoms with Crippen molar-refractivity contribution in [2.75, 3.05) is 6.61 Å². The molecular weight excluding hydrogens is 340 g/mol. The molecule has 1 aromatic heterocycles. The molecular formula is C21H22N4O2. The lowest BCUT2D eigenvalue weighted by Gasteiger charge is -2.05. The average molecular weight is 362 g/mol. The van der Waals surface area contributed by atoms with E-state index in [1.807, 2.05) is 61.9 Å². The van der Waals surface area contributed by atoms with Crippen LogP contribution >= 0.6 is 0 Å². The second-order valence-electron chi connectivity index (χ2n) is 5.99. The van der Waals surface area contributed by atoms with Gasteiger partial charge in [-0.05, 0) is 51.1 Å². The van der Waals surface area contributed by atoms with E-state index >= 15 is 0 Å². The minimum atomic E-state index is -0.293. The van der Waals surface area contributed by atoms with Crippen LogP contribution in [-0.4, -0.2) is 28.5 Å². The van der Waals surface area contributed by atoms with Gasteiger partial charge in [0.2, 0.25) is 0 Å². The number of aryl methyl sites for hydroxylation is 1. The first kappa shape index (κ1) is 18.4. The fraction of sp³-hybridized carbons (Fsp3) is 0.190. The summed E-state index contributed by atoms with van der Waals surface area (Å²) in [6.45, 7) is 6.34. The normalized spacial score (nSPS) is 10.9. The number of benzene rings is 2. The first-order valence-corrected chi connectivity index (χ1v) is 8.78. The number of hydrogen-bond acceptors (Lipinski definition) is 4. The minimum Gasteiger partial charge on any atom is -0.494 e. The zero-order valence-electron chi connectivity index (χ0n) is 15.6. The van der Waals surface area contributed by atoms with Gasteiger partial charge < -0.3 is 4.74 Å². The minimum absolute atomic E-state index is 0.293. The highest BCUT2D eigenvalue weighted by Crippen LogP contribution is 2.16. The van der Waals surface area contributed by atoms with Crippen molar-refractivity contribution in [1.29, 1.82) is 0 Å². The molecule has 3 rings (SSSR count). The van der Waals surface area contributed by atoms with Crippen molar-refractivity contribution in [3.63, 3.8) is 0 Å². The summed E-state index contributed by atoms with van der Waals surface area (Å²) in [6.07, 6.45) is 1.63. The standard InChI is InChI=1S/C21H22N4O2/c1-4-27-19-12-8-9-17(13-19)21(26)23-22-14-20-15(2)24-25(16(20)3)18-10-6-5-7-11-18/h5-14H,4H2,1-3H3,(H,23,26). The number of carbonyl (C=O) groups is 1. The lowest BCUT2D eigenvalue weighted by Crippen LogP contribution is -2.17. The molecule has 0 spiro atoms. The van der Waals surface area contributed by atoms with Crippen LogP contribution in [0.1, 0.15) is 34.2 Å². The molecule has 1 amide bonds. The van der Waals surface area contributed by atoms with Gasteiger partial charge in [-0.15, -0.1) is 0 Å². The van der Waals surface area contributed by atoms with Crippen LogP contribution in [0, 0.1) is 13.8 Å². The summed E-state index contributed by atoms with van der Waals surface area (Å²) >= 11 is 0. The van der Waals surface area contributed by atoms with Gasteiger partial charge in [0.25, 0.3) is 5.91 Å². The first-order chi connectivity index (χ1) is 13.1. The van der Waals surface area contributed by atoms with E-state index in [2.05, 4.69) is 15.6 Å². The molecule has 0 fully saturated rings. The van der Waals surface area contributed by atoms with Gasteiger partial charge in [-0.1, -0.05) is 24.3 Å². The van der Waals surface area contributed by atoms with Crippen LogP contribution in [-0.2, 0) is 0 Å². The number of hydrazone groups is 1. The van der Waals surface area contributed by atoms with Gasteiger partial charge in [0, 0.05) is 11.1 Å². The van der Waals surface area contributed by atoms with E-state index in [0.29, 0.717) is 17.9 Å². The fourth-order valence-corrected chi connectivity index (χ4v) is 2.78. The number of hydrogen-bond donors (Lipinski definition) is 1. The summed E-state index contributed by atoms with van der Waals surface area (Å²) in [5.74, 6) is 0.364. The third kappa shape index (κ3) is 4.23. The Kier molecular flexibility index (Phi) is 5.66. The highest BCUT2D eigenvalue weighted by molar-refractivity contribution is 5.95. The molecule has 0 aliphatic carbocycles. The van der Waals surface area contributed by atoms with Crippen molar-refractivity contribution in [2.45, 2.75) is 20.8 Å². The Labute approximate surface area is 158 Å². The predicted molar refractivity (Wildman–Crippen MR) is 106 cm³/mol. The molecule has 1 N–H and O–H groups in total. The molecule has 0 aliphatic rings. The van der Waals surface area contributed by atoms with Crippen molar-refractivity contribution < 1.29 is 9.53 Å². The maximum Gasteiger partial charge on any atom is 0.271 e. The van der Waals surface area contributed by atoms with Gasteiger partial charge in [-0.3, -0.25) is 4.79 Å². The van der Waals surface area contributed by atoms with Crippen LogP contribution in [0.3, 0.4) is 0 Å². The molecule has 27 heavy (non-hydrogen) atoms. The van der Waals surface area contributed by atoms with E-state index in [4.69, 9.17) is 4.74 Å². The molecule has 0 unspecified atom stereocenters. The number of aromatic nitrogens is 2. The molecule has 0 saturated heterocycles. The van der Waals surface area contributed by atoms with E-state index in [9.17, 15) is 4.79 Å². The SMILES string of the molecule is CCOc1cccc(C(=O)NN=Cc2c(C)nn(-c3ccccc3)c2C)c1. The molecule has 6 heteroatoms. The van der Waals surface area contributed by atoms with Gasteiger partial charge >= 0.3 is 0 Å². The molecule has 138 valence electrons. The third-order valence-corrected chi connectivity index (χ3v) is 4.12. The molecule has 0 aliphatic heterocycles. The van der Waals surface area contributed by atoms with Gasteiger partial charge in [0.1, 0.15) is 5.75 Å². The van der Waals surface area contributed by atoms with Crippen LogP contribution in [0.25, 0.3) is 5.69 Å². The van der Waals surface area contributed by atoms with Gasteiger partial charge in [-0.2, -0.15) is 10.2 Å². The molecule has 0 saturated carbocycles. The number of rotatable bonds is 6. The average Bonchev–Trinajstić information content (AvgIpc) is 2.97. The second kappa shape index (κ2) is 8.31. The van der Waals surface area contributed by atoms with Gasteiger partial charge in [0.05, 0.1) is 29.9 Å². The predicted octanol–water partition coefficient (Wildman–Crippen LogP) is 3.65. The zero-order chi connectivity index (χ0) is 19.2. The summed E-state index contributed by atoms with van der Waals surface area (Å²) in [5.41, 5.74) is 6.70. The summed E-state index contributed by atoms with van der Waals surface area (Å²) in [5, 5.41) is 8.67. The smallest absolute Gasteiger partial charge is 0.271 e. The zero-order valence-corrected chi connectivity index (χ0v) is 15.6. The number of carbonyl (C=O) groups excluding carboxylic acids is 1. The van der Waals surface area contributed by atoms with Crippen molar-refractivity contribution in [3.8, 4) is 11.4 Å². The molecule has 2 aromatic carbocycles. The van der Waals surface area contributed by atoms with Crippen molar-refractivity contribution in [1.82, 2.24) is 15.2 Å².